The smallest absolute Gasteiger partial charge is 0.248 e. The average Bonchev–Trinajstić information content (AvgIpc) is 2.89. The molecule has 1 aromatic carbocycles. The van der Waals surface area contributed by atoms with Crippen LogP contribution in [0.4, 0.5) is 11.4 Å². The van der Waals surface area contributed by atoms with E-state index in [1.165, 1.54) is 0 Å². The van der Waals surface area contributed by atoms with Gasteiger partial charge in [-0.25, -0.2) is 0 Å². The fourth-order valence-corrected chi connectivity index (χ4v) is 2.70. The van der Waals surface area contributed by atoms with E-state index in [4.69, 9.17) is 5.73 Å². The van der Waals surface area contributed by atoms with Gasteiger partial charge in [0, 0.05) is 25.1 Å². The Morgan fingerprint density at radius 2 is 1.86 bits per heavy atom. The first kappa shape index (κ1) is 16.3. The second-order valence-electron chi connectivity index (χ2n) is 7.08. The molecule has 5 heteroatoms. The molecule has 1 saturated heterocycles. The zero-order valence-electron chi connectivity index (χ0n) is 13.6. The van der Waals surface area contributed by atoms with Crippen LogP contribution >= 0.6 is 0 Å². The minimum atomic E-state index is -0.487. The van der Waals surface area contributed by atoms with Gasteiger partial charge >= 0.3 is 0 Å². The van der Waals surface area contributed by atoms with E-state index in [-0.39, 0.29) is 11.3 Å². The highest BCUT2D eigenvalue weighted by Gasteiger charge is 2.20. The predicted molar refractivity (Wildman–Crippen MR) is 89.1 cm³/mol. The third-order valence-electron chi connectivity index (χ3n) is 3.69. The molecule has 0 bridgehead atoms. The van der Waals surface area contributed by atoms with Crippen molar-refractivity contribution in [2.75, 3.05) is 23.3 Å². The van der Waals surface area contributed by atoms with Crippen molar-refractivity contribution in [2.45, 2.75) is 40.0 Å². The van der Waals surface area contributed by atoms with Crippen LogP contribution in [0, 0.1) is 5.41 Å². The van der Waals surface area contributed by atoms with Crippen LogP contribution in [0.2, 0.25) is 0 Å². The van der Waals surface area contributed by atoms with Gasteiger partial charge in [0.05, 0.1) is 11.4 Å². The number of nitrogens with one attached hydrogen (secondary N) is 1. The SMILES string of the molecule is CC(C)(C)CC(=O)Nc1cc(C(N)=O)ccc1N1CCCC1. The molecule has 2 rings (SSSR count). The molecule has 0 unspecified atom stereocenters. The molecule has 1 heterocycles. The van der Waals surface area contributed by atoms with E-state index in [1.54, 1.807) is 12.1 Å². The number of nitrogens with two attached hydrogens (primary N) is 1. The topological polar surface area (TPSA) is 75.4 Å². The summed E-state index contributed by atoms with van der Waals surface area (Å²) in [5, 5.41) is 2.95. The van der Waals surface area contributed by atoms with Crippen molar-refractivity contribution >= 4 is 23.2 Å². The molecular weight excluding hydrogens is 278 g/mol. The molecule has 1 aliphatic rings. The maximum atomic E-state index is 12.2. The summed E-state index contributed by atoms with van der Waals surface area (Å²) >= 11 is 0. The van der Waals surface area contributed by atoms with E-state index >= 15 is 0 Å². The molecule has 0 aromatic heterocycles. The van der Waals surface area contributed by atoms with E-state index in [0.717, 1.165) is 31.6 Å². The van der Waals surface area contributed by atoms with Crippen LogP contribution in [0.15, 0.2) is 18.2 Å². The summed E-state index contributed by atoms with van der Waals surface area (Å²) in [5.74, 6) is -0.533. The summed E-state index contributed by atoms with van der Waals surface area (Å²) < 4.78 is 0. The Morgan fingerprint density at radius 1 is 1.23 bits per heavy atom. The predicted octanol–water partition coefficient (Wildman–Crippen LogP) is 2.76. The molecule has 22 heavy (non-hydrogen) atoms. The molecule has 0 aliphatic carbocycles. The highest BCUT2D eigenvalue weighted by atomic mass is 16.2. The van der Waals surface area contributed by atoms with Gasteiger partial charge in [0.15, 0.2) is 0 Å². The van der Waals surface area contributed by atoms with Crippen molar-refractivity contribution in [3.05, 3.63) is 23.8 Å². The molecular formula is C17H25N3O2. The number of carbonyl (C=O) groups excluding carboxylic acids is 2. The van der Waals surface area contributed by atoms with Gasteiger partial charge < -0.3 is 16.0 Å². The van der Waals surface area contributed by atoms with Crippen molar-refractivity contribution in [1.82, 2.24) is 0 Å². The lowest BCUT2D eigenvalue weighted by Crippen LogP contribution is -2.24. The van der Waals surface area contributed by atoms with E-state index in [9.17, 15) is 9.59 Å². The Kier molecular flexibility index (Phi) is 4.74. The first-order valence-corrected chi connectivity index (χ1v) is 7.75. The standard InChI is InChI=1S/C17H25N3O2/c1-17(2,3)11-15(21)19-13-10-12(16(18)22)6-7-14(13)20-8-4-5-9-20/h6-7,10H,4-5,8-9,11H2,1-3H3,(H2,18,22)(H,19,21). The molecule has 3 N–H and O–H groups in total. The summed E-state index contributed by atoms with van der Waals surface area (Å²) in [7, 11) is 0. The van der Waals surface area contributed by atoms with Gasteiger partial charge in [0.1, 0.15) is 0 Å². The number of primary amides is 1. The van der Waals surface area contributed by atoms with Crippen LogP contribution in [0.1, 0.15) is 50.4 Å². The monoisotopic (exact) mass is 303 g/mol. The molecule has 0 spiro atoms. The van der Waals surface area contributed by atoms with Gasteiger partial charge in [-0.15, -0.1) is 0 Å². The number of benzene rings is 1. The average molecular weight is 303 g/mol. The summed E-state index contributed by atoms with van der Waals surface area (Å²) in [6, 6.07) is 5.27. The Morgan fingerprint density at radius 3 is 2.41 bits per heavy atom. The maximum Gasteiger partial charge on any atom is 0.248 e. The van der Waals surface area contributed by atoms with Crippen LogP contribution in [-0.2, 0) is 4.79 Å². The number of nitrogens with zero attached hydrogens (tertiary/aromatic N) is 1. The number of amides is 2. The van der Waals surface area contributed by atoms with Crippen LogP contribution in [-0.4, -0.2) is 24.9 Å². The summed E-state index contributed by atoms with van der Waals surface area (Å²) in [4.78, 5) is 25.9. The third-order valence-corrected chi connectivity index (χ3v) is 3.69. The van der Waals surface area contributed by atoms with E-state index < -0.39 is 5.91 Å². The second kappa shape index (κ2) is 6.38. The van der Waals surface area contributed by atoms with Crippen molar-refractivity contribution in [2.24, 2.45) is 11.1 Å². The van der Waals surface area contributed by atoms with Gasteiger partial charge in [-0.1, -0.05) is 20.8 Å². The number of hydrogen-bond donors (Lipinski definition) is 2. The van der Waals surface area contributed by atoms with Crippen LogP contribution in [0.25, 0.3) is 0 Å². The van der Waals surface area contributed by atoms with Gasteiger partial charge in [0.25, 0.3) is 0 Å². The molecule has 1 aromatic rings. The lowest BCUT2D eigenvalue weighted by atomic mass is 9.92. The van der Waals surface area contributed by atoms with E-state index in [1.807, 2.05) is 26.8 Å². The van der Waals surface area contributed by atoms with Crippen molar-refractivity contribution in [1.29, 1.82) is 0 Å². The Balaban J connectivity index is 2.26. The van der Waals surface area contributed by atoms with Crippen molar-refractivity contribution in [3.63, 3.8) is 0 Å². The molecule has 0 saturated carbocycles. The fraction of sp³-hybridized carbons (Fsp3) is 0.529. The van der Waals surface area contributed by atoms with E-state index in [2.05, 4.69) is 10.2 Å². The number of carbonyl (C=O) groups is 2. The zero-order chi connectivity index (χ0) is 16.3. The molecule has 1 aliphatic heterocycles. The quantitative estimate of drug-likeness (QED) is 0.898. The van der Waals surface area contributed by atoms with Gasteiger partial charge in [-0.3, -0.25) is 9.59 Å². The molecule has 0 atom stereocenters. The van der Waals surface area contributed by atoms with Crippen molar-refractivity contribution < 1.29 is 9.59 Å². The second-order valence-corrected chi connectivity index (χ2v) is 7.08. The summed E-state index contributed by atoms with van der Waals surface area (Å²) in [6.45, 7) is 8.01. The first-order valence-electron chi connectivity index (χ1n) is 7.75. The number of anilines is 2. The Bertz CT molecular complexity index is 570. The van der Waals surface area contributed by atoms with Crippen LogP contribution < -0.4 is 16.0 Å². The van der Waals surface area contributed by atoms with Gasteiger partial charge in [-0.2, -0.15) is 0 Å². The Labute approximate surface area is 131 Å². The molecule has 0 radical (unpaired) electrons. The third kappa shape index (κ3) is 4.23. The van der Waals surface area contributed by atoms with Gasteiger partial charge in [0.2, 0.25) is 11.8 Å². The lowest BCUT2D eigenvalue weighted by molar-refractivity contribution is -0.117. The summed E-state index contributed by atoms with van der Waals surface area (Å²) in [5.41, 5.74) is 7.32. The molecule has 2 amide bonds. The maximum absolute atomic E-state index is 12.2. The van der Waals surface area contributed by atoms with Crippen molar-refractivity contribution in [3.8, 4) is 0 Å². The number of rotatable bonds is 4. The van der Waals surface area contributed by atoms with Gasteiger partial charge in [-0.05, 0) is 36.5 Å². The molecule has 1 fully saturated rings. The Hall–Kier alpha value is -2.04. The van der Waals surface area contributed by atoms with Crippen LogP contribution in [0.3, 0.4) is 0 Å². The largest absolute Gasteiger partial charge is 0.370 e. The summed E-state index contributed by atoms with van der Waals surface area (Å²) in [6.07, 6.45) is 2.72. The minimum Gasteiger partial charge on any atom is -0.370 e. The molecule has 120 valence electrons. The van der Waals surface area contributed by atoms with E-state index in [0.29, 0.717) is 17.7 Å². The lowest BCUT2D eigenvalue weighted by Gasteiger charge is -2.23. The number of hydrogen-bond acceptors (Lipinski definition) is 3. The first-order chi connectivity index (χ1) is 10.3. The highest BCUT2D eigenvalue weighted by molar-refractivity contribution is 5.99. The van der Waals surface area contributed by atoms with Crippen LogP contribution in [0.5, 0.6) is 0 Å². The fourth-order valence-electron chi connectivity index (χ4n) is 2.70. The normalized spacial score (nSPS) is 15.0. The minimum absolute atomic E-state index is 0.0467. The molecule has 5 nitrogen and oxygen atoms in total. The highest BCUT2D eigenvalue weighted by Crippen LogP contribution is 2.31. The zero-order valence-corrected chi connectivity index (χ0v) is 13.6.